The van der Waals surface area contributed by atoms with Crippen molar-refractivity contribution in [2.75, 3.05) is 0 Å². The number of alkyl halides is 1. The molecule has 1 rings (SSSR count). The molecule has 54 valence electrons. The molecule has 0 spiro atoms. The van der Waals surface area contributed by atoms with E-state index in [9.17, 15) is 0 Å². The van der Waals surface area contributed by atoms with Gasteiger partial charge >= 0.3 is 0 Å². The second-order valence-corrected chi connectivity index (χ2v) is 3.47. The zero-order chi connectivity index (χ0) is 7.89. The Morgan fingerprint density at radius 1 is 1.20 bits per heavy atom. The highest BCUT2D eigenvalue weighted by molar-refractivity contribution is 14.1. The molecule has 0 radical (unpaired) electrons. The first kappa shape index (κ1) is 7.80. The van der Waals surface area contributed by atoms with Gasteiger partial charge in [0.25, 0.3) is 0 Å². The molecule has 0 bridgehead atoms. The van der Waals surface area contributed by atoms with Crippen molar-refractivity contribution in [1.82, 2.24) is 0 Å². The van der Waals surface area contributed by atoms with Crippen LogP contribution >= 0.6 is 22.6 Å². The second kappa shape index (κ2) is 2.39. The van der Waals surface area contributed by atoms with Crippen LogP contribution in [0.5, 0.6) is 0 Å². The van der Waals surface area contributed by atoms with Crippen LogP contribution in [-0.4, -0.2) is 27.1 Å². The molecule has 0 aromatic carbocycles. The van der Waals surface area contributed by atoms with Crippen LogP contribution in [0.25, 0.3) is 0 Å². The Kier molecular flexibility index (Phi) is 1.86. The maximum absolute atomic E-state index is 7.27. The lowest BCUT2D eigenvalue weighted by Crippen LogP contribution is -2.33. The zero-order valence-corrected chi connectivity index (χ0v) is 7.27. The predicted molar refractivity (Wildman–Crippen MR) is 49.0 cm³/mol. The first-order valence-electron chi connectivity index (χ1n) is 2.71. The van der Waals surface area contributed by atoms with E-state index in [1.807, 2.05) is 22.6 Å². The number of halogens is 1. The maximum atomic E-state index is 7.27. The van der Waals surface area contributed by atoms with Gasteiger partial charge in [0, 0.05) is 0 Å². The van der Waals surface area contributed by atoms with E-state index in [-0.39, 0.29) is 21.1 Å². The molecule has 1 aliphatic rings. The number of hydrogen-bond donors (Lipinski definition) is 4. The van der Waals surface area contributed by atoms with Gasteiger partial charge in [0.1, 0.15) is 0 Å². The van der Waals surface area contributed by atoms with E-state index in [4.69, 9.17) is 22.0 Å². The van der Waals surface area contributed by atoms with Crippen LogP contribution in [0.2, 0.25) is 0 Å². The Labute approximate surface area is 71.9 Å². The Morgan fingerprint density at radius 3 is 1.80 bits per heavy atom. The van der Waals surface area contributed by atoms with E-state index in [0.717, 1.165) is 0 Å². The van der Waals surface area contributed by atoms with E-state index in [2.05, 4.69) is 0 Å². The summed E-state index contributed by atoms with van der Waals surface area (Å²) in [6.07, 6.45) is 0. The molecule has 4 nitrogen and oxygen atoms in total. The van der Waals surface area contributed by atoms with Crippen molar-refractivity contribution < 1.29 is 0 Å². The zero-order valence-electron chi connectivity index (χ0n) is 5.11. The van der Waals surface area contributed by atoms with E-state index in [1.54, 1.807) is 0 Å². The minimum Gasteiger partial charge on any atom is -0.321 e. The summed E-state index contributed by atoms with van der Waals surface area (Å²) >= 11 is 1.98. The van der Waals surface area contributed by atoms with Gasteiger partial charge in [-0.05, 0) is 0 Å². The largest absolute Gasteiger partial charge is 0.321 e. The number of rotatable bonds is 0. The Bertz CT molecular complexity index is 200. The minimum atomic E-state index is -0.444. The van der Waals surface area contributed by atoms with Gasteiger partial charge in [0.2, 0.25) is 0 Å². The van der Waals surface area contributed by atoms with Gasteiger partial charge in [-0.1, -0.05) is 22.6 Å². The van der Waals surface area contributed by atoms with Gasteiger partial charge in [-0.3, -0.25) is 5.41 Å². The minimum absolute atomic E-state index is 0.00750. The van der Waals surface area contributed by atoms with Crippen LogP contribution < -0.4 is 5.73 Å². The summed E-state index contributed by atoms with van der Waals surface area (Å²) in [6.45, 7) is 0. The molecule has 0 saturated heterocycles. The molecule has 1 aliphatic carbocycles. The second-order valence-electron chi connectivity index (χ2n) is 2.13. The Hall–Kier alpha value is -0.300. The number of nitrogens with one attached hydrogen (secondary N) is 3. The fraction of sp³-hybridized carbons (Fsp3) is 0.400. The fourth-order valence-corrected chi connectivity index (χ4v) is 1.45. The van der Waals surface area contributed by atoms with Crippen molar-refractivity contribution in [2.24, 2.45) is 5.73 Å². The van der Waals surface area contributed by atoms with Gasteiger partial charge in [-0.15, -0.1) is 0 Å². The summed E-state index contributed by atoms with van der Waals surface area (Å²) in [7, 11) is 0. The van der Waals surface area contributed by atoms with E-state index < -0.39 is 6.04 Å². The van der Waals surface area contributed by atoms with E-state index in [1.165, 1.54) is 0 Å². The van der Waals surface area contributed by atoms with Crippen LogP contribution in [0.3, 0.4) is 0 Å². The number of nitrogens with two attached hydrogens (primary N) is 1. The van der Waals surface area contributed by atoms with Gasteiger partial charge in [-0.25, -0.2) is 0 Å². The molecular formula is C5H7IN4. The lowest BCUT2D eigenvalue weighted by atomic mass is 10.2. The predicted octanol–water partition coefficient (Wildman–Crippen LogP) is 0.190. The van der Waals surface area contributed by atoms with Gasteiger partial charge < -0.3 is 16.6 Å². The normalized spacial score (nSPS) is 33.6. The molecule has 0 aromatic rings. The van der Waals surface area contributed by atoms with Crippen LogP contribution in [0, 0.1) is 16.2 Å². The Morgan fingerprint density at radius 2 is 1.70 bits per heavy atom. The Balaban J connectivity index is 3.00. The third-order valence-corrected chi connectivity index (χ3v) is 2.86. The van der Waals surface area contributed by atoms with Crippen molar-refractivity contribution in [3.05, 3.63) is 0 Å². The van der Waals surface area contributed by atoms with Crippen LogP contribution in [-0.2, 0) is 0 Å². The van der Waals surface area contributed by atoms with Crippen molar-refractivity contribution in [1.29, 1.82) is 16.2 Å². The summed E-state index contributed by atoms with van der Waals surface area (Å²) in [5, 5.41) is 21.7. The topological polar surface area (TPSA) is 97.6 Å². The first-order valence-corrected chi connectivity index (χ1v) is 3.96. The third kappa shape index (κ3) is 0.891. The van der Waals surface area contributed by atoms with Crippen molar-refractivity contribution in [2.45, 2.75) is 9.97 Å². The van der Waals surface area contributed by atoms with Gasteiger partial charge in [0.05, 0.1) is 27.1 Å². The van der Waals surface area contributed by atoms with Gasteiger partial charge in [0.15, 0.2) is 0 Å². The molecule has 1 saturated carbocycles. The van der Waals surface area contributed by atoms with E-state index >= 15 is 0 Å². The standard InChI is InChI=1S/C5H7IN4/c6-1-2(7)4(9)5(10)3(1)8/h1-2,8-10H,7H2. The quantitative estimate of drug-likeness (QED) is 0.358. The molecule has 0 heterocycles. The van der Waals surface area contributed by atoms with Crippen LogP contribution in [0.15, 0.2) is 0 Å². The average molecular weight is 250 g/mol. The lowest BCUT2D eigenvalue weighted by Gasteiger charge is -2.03. The fourth-order valence-electron chi connectivity index (χ4n) is 0.776. The highest BCUT2D eigenvalue weighted by Gasteiger charge is 2.36. The maximum Gasteiger partial charge on any atom is 0.0984 e. The SMILES string of the molecule is N=C1C(=N)C(N)C(I)C1=N. The highest BCUT2D eigenvalue weighted by Crippen LogP contribution is 2.16. The van der Waals surface area contributed by atoms with Crippen molar-refractivity contribution >= 4 is 39.7 Å². The molecule has 1 fully saturated rings. The molecule has 2 unspecified atom stereocenters. The first-order chi connectivity index (χ1) is 4.55. The lowest BCUT2D eigenvalue weighted by molar-refractivity contribution is 0.959. The third-order valence-electron chi connectivity index (χ3n) is 1.46. The monoisotopic (exact) mass is 250 g/mol. The summed E-state index contributed by atoms with van der Waals surface area (Å²) in [6, 6.07) is -0.444. The van der Waals surface area contributed by atoms with Crippen LogP contribution in [0.4, 0.5) is 0 Å². The molecule has 0 aliphatic heterocycles. The molecule has 5 heteroatoms. The summed E-state index contributed by atoms with van der Waals surface area (Å²) in [5.74, 6) is 0. The van der Waals surface area contributed by atoms with E-state index in [0.29, 0.717) is 0 Å². The molecule has 0 amide bonds. The number of hydrogen-bond acceptors (Lipinski definition) is 4. The summed E-state index contributed by atoms with van der Waals surface area (Å²) in [5.41, 5.74) is 5.75. The molecule has 10 heavy (non-hydrogen) atoms. The van der Waals surface area contributed by atoms with Crippen LogP contribution in [0.1, 0.15) is 0 Å². The summed E-state index contributed by atoms with van der Waals surface area (Å²) < 4.78 is -0.183. The van der Waals surface area contributed by atoms with Crippen molar-refractivity contribution in [3.8, 4) is 0 Å². The summed E-state index contributed by atoms with van der Waals surface area (Å²) in [4.78, 5) is 0. The molecule has 0 aromatic heterocycles. The average Bonchev–Trinajstić information content (AvgIpc) is 2.07. The molecule has 5 N–H and O–H groups in total. The van der Waals surface area contributed by atoms with Gasteiger partial charge in [-0.2, -0.15) is 0 Å². The smallest absolute Gasteiger partial charge is 0.0984 e. The molecule has 2 atom stereocenters. The van der Waals surface area contributed by atoms with Crippen molar-refractivity contribution in [3.63, 3.8) is 0 Å². The molecular weight excluding hydrogens is 243 g/mol. The highest BCUT2D eigenvalue weighted by atomic mass is 127.